The van der Waals surface area contributed by atoms with Gasteiger partial charge in [-0.3, -0.25) is 0 Å². The summed E-state index contributed by atoms with van der Waals surface area (Å²) in [6.07, 6.45) is 1.96. The van der Waals surface area contributed by atoms with Gasteiger partial charge in [0.25, 0.3) is 0 Å². The van der Waals surface area contributed by atoms with Gasteiger partial charge in [0.05, 0.1) is 5.69 Å². The zero-order valence-corrected chi connectivity index (χ0v) is 19.8. The van der Waals surface area contributed by atoms with Gasteiger partial charge in [0, 0.05) is 29.6 Å². The minimum atomic E-state index is -0.459. The Bertz CT molecular complexity index is 1220. The van der Waals surface area contributed by atoms with E-state index in [1.54, 1.807) is 18.2 Å². The molecule has 176 valence electrons. The Labute approximate surface area is 199 Å². The van der Waals surface area contributed by atoms with Crippen molar-refractivity contribution in [3.8, 4) is 28.1 Å². The lowest BCUT2D eigenvalue weighted by molar-refractivity contribution is -0.0786. The summed E-state index contributed by atoms with van der Waals surface area (Å²) in [6.45, 7) is 7.25. The fraction of sp³-hybridized carbons (Fsp3) is 0.370. The average Bonchev–Trinajstić information content (AvgIpc) is 2.72. The molecule has 2 heterocycles. The van der Waals surface area contributed by atoms with Crippen molar-refractivity contribution in [1.29, 1.82) is 0 Å². The van der Waals surface area contributed by atoms with Crippen LogP contribution < -0.4 is 5.73 Å². The molecule has 3 N–H and O–H groups in total. The zero-order valence-electron chi connectivity index (χ0n) is 19.8. The summed E-state index contributed by atoms with van der Waals surface area (Å²) in [4.78, 5) is 14.0. The van der Waals surface area contributed by atoms with Crippen LogP contribution in [0.1, 0.15) is 45.1 Å². The number of likely N-dealkylation sites (tertiary alicyclic amines) is 1. The quantitative estimate of drug-likeness (QED) is 0.558. The largest absolute Gasteiger partial charge is 0.507 e. The Balaban J connectivity index is 1.24. The number of nitrogen functional groups attached to an aromatic ring is 1. The van der Waals surface area contributed by atoms with E-state index in [9.17, 15) is 9.90 Å². The molecule has 2 aromatic carbocycles. The molecule has 1 saturated carbocycles. The van der Waals surface area contributed by atoms with Gasteiger partial charge in [0.15, 0.2) is 5.82 Å². The SMILES string of the molecule is CC(C)(C)OC(=O)N1CC2(CC(c3ccc(-c4cc(-c5ccccc5O)nnc4N)cc3)C2)C1. The van der Waals surface area contributed by atoms with Crippen LogP contribution in [-0.2, 0) is 4.74 Å². The molecule has 34 heavy (non-hydrogen) atoms. The Morgan fingerprint density at radius 2 is 1.74 bits per heavy atom. The lowest BCUT2D eigenvalue weighted by Crippen LogP contribution is -2.63. The summed E-state index contributed by atoms with van der Waals surface area (Å²) in [7, 11) is 0. The molecule has 1 amide bonds. The summed E-state index contributed by atoms with van der Waals surface area (Å²) in [5.74, 6) is 1.01. The summed E-state index contributed by atoms with van der Waals surface area (Å²) in [5, 5.41) is 18.4. The lowest BCUT2D eigenvalue weighted by Gasteiger charge is -2.59. The second kappa shape index (κ2) is 8.01. The van der Waals surface area contributed by atoms with Gasteiger partial charge in [-0.1, -0.05) is 36.4 Å². The van der Waals surface area contributed by atoms with E-state index < -0.39 is 5.60 Å². The highest BCUT2D eigenvalue weighted by Crippen LogP contribution is 2.56. The van der Waals surface area contributed by atoms with Gasteiger partial charge < -0.3 is 20.5 Å². The summed E-state index contributed by atoms with van der Waals surface area (Å²) >= 11 is 0. The number of ether oxygens (including phenoxy) is 1. The van der Waals surface area contributed by atoms with E-state index in [4.69, 9.17) is 10.5 Å². The number of phenols is 1. The van der Waals surface area contributed by atoms with E-state index in [0.717, 1.165) is 37.1 Å². The molecule has 1 aliphatic carbocycles. The molecule has 0 unspecified atom stereocenters. The van der Waals surface area contributed by atoms with E-state index in [2.05, 4.69) is 34.5 Å². The number of aromatic hydroxyl groups is 1. The molecule has 2 fully saturated rings. The first-order valence-electron chi connectivity index (χ1n) is 11.6. The van der Waals surface area contributed by atoms with Crippen molar-refractivity contribution >= 4 is 11.9 Å². The first kappa shape index (κ1) is 22.2. The second-order valence-electron chi connectivity index (χ2n) is 10.6. The Kier molecular flexibility index (Phi) is 5.23. The van der Waals surface area contributed by atoms with Gasteiger partial charge in [-0.05, 0) is 68.9 Å². The number of rotatable bonds is 3. The predicted octanol–water partition coefficient (Wildman–Crippen LogP) is 5.21. The molecular weight excluding hydrogens is 428 g/mol. The number of carbonyl (C=O) groups excluding carboxylic acids is 1. The fourth-order valence-corrected chi connectivity index (χ4v) is 5.09. The lowest BCUT2D eigenvalue weighted by atomic mass is 9.56. The first-order chi connectivity index (χ1) is 16.1. The van der Waals surface area contributed by atoms with Crippen LogP contribution in [0.2, 0.25) is 0 Å². The van der Waals surface area contributed by atoms with E-state index in [-0.39, 0.29) is 17.3 Å². The maximum Gasteiger partial charge on any atom is 0.410 e. The Hall–Kier alpha value is -3.61. The van der Waals surface area contributed by atoms with Crippen LogP contribution in [0.4, 0.5) is 10.6 Å². The molecular formula is C27H30N4O3. The number of phenolic OH excluding ortho intramolecular Hbond substituents is 1. The number of amides is 1. The normalized spacial score (nSPS) is 17.2. The molecule has 1 saturated heterocycles. The summed E-state index contributed by atoms with van der Waals surface area (Å²) < 4.78 is 5.48. The third kappa shape index (κ3) is 4.18. The first-order valence-corrected chi connectivity index (χ1v) is 11.6. The van der Waals surface area contributed by atoms with Crippen molar-refractivity contribution in [2.24, 2.45) is 5.41 Å². The summed E-state index contributed by atoms with van der Waals surface area (Å²) in [6, 6.07) is 17.3. The summed E-state index contributed by atoms with van der Waals surface area (Å²) in [5.41, 5.74) is 10.2. The molecule has 2 aliphatic rings. The van der Waals surface area contributed by atoms with Crippen LogP contribution in [0.5, 0.6) is 5.75 Å². The van der Waals surface area contributed by atoms with Crippen molar-refractivity contribution in [2.75, 3.05) is 18.8 Å². The van der Waals surface area contributed by atoms with Crippen molar-refractivity contribution in [3.63, 3.8) is 0 Å². The van der Waals surface area contributed by atoms with Gasteiger partial charge in [0.1, 0.15) is 11.4 Å². The van der Waals surface area contributed by atoms with Crippen LogP contribution in [0.25, 0.3) is 22.4 Å². The van der Waals surface area contributed by atoms with E-state index in [0.29, 0.717) is 23.0 Å². The minimum absolute atomic E-state index is 0.156. The van der Waals surface area contributed by atoms with Crippen molar-refractivity contribution in [2.45, 2.75) is 45.1 Å². The Morgan fingerprint density at radius 3 is 2.38 bits per heavy atom. The van der Waals surface area contributed by atoms with Gasteiger partial charge in [-0.2, -0.15) is 0 Å². The molecule has 0 radical (unpaired) electrons. The average molecular weight is 459 g/mol. The van der Waals surface area contributed by atoms with E-state index in [1.807, 2.05) is 37.8 Å². The van der Waals surface area contributed by atoms with E-state index in [1.165, 1.54) is 5.56 Å². The number of hydrogen-bond donors (Lipinski definition) is 2. The Morgan fingerprint density at radius 1 is 1.06 bits per heavy atom. The second-order valence-corrected chi connectivity index (χ2v) is 10.6. The number of nitrogens with zero attached hydrogens (tertiary/aromatic N) is 3. The standard InChI is InChI=1S/C27H30N4O3/c1-26(2,3)34-25(33)31-15-27(16-31)13-19(14-27)17-8-10-18(11-9-17)21-12-22(29-30-24(21)28)20-6-4-5-7-23(20)32/h4-12,19,32H,13-16H2,1-3H3,(H2,28,30). The van der Waals surface area contributed by atoms with Gasteiger partial charge >= 0.3 is 6.09 Å². The van der Waals surface area contributed by atoms with Crippen molar-refractivity contribution in [1.82, 2.24) is 15.1 Å². The van der Waals surface area contributed by atoms with Gasteiger partial charge in [-0.15, -0.1) is 10.2 Å². The molecule has 1 aromatic heterocycles. The van der Waals surface area contributed by atoms with Crippen LogP contribution in [-0.4, -0.2) is 45.0 Å². The fourth-order valence-electron chi connectivity index (χ4n) is 5.09. The molecule has 1 spiro atoms. The topological polar surface area (TPSA) is 102 Å². The van der Waals surface area contributed by atoms with E-state index >= 15 is 0 Å². The van der Waals surface area contributed by atoms with Crippen molar-refractivity contribution in [3.05, 3.63) is 60.2 Å². The van der Waals surface area contributed by atoms with Crippen LogP contribution in [0, 0.1) is 5.41 Å². The smallest absolute Gasteiger partial charge is 0.410 e. The highest BCUT2D eigenvalue weighted by Gasteiger charge is 2.54. The maximum absolute atomic E-state index is 12.2. The molecule has 5 rings (SSSR count). The minimum Gasteiger partial charge on any atom is -0.507 e. The third-order valence-corrected chi connectivity index (χ3v) is 6.76. The maximum atomic E-state index is 12.2. The third-order valence-electron chi connectivity index (χ3n) is 6.76. The highest BCUT2D eigenvalue weighted by molar-refractivity contribution is 5.79. The molecule has 7 nitrogen and oxygen atoms in total. The van der Waals surface area contributed by atoms with Crippen molar-refractivity contribution < 1.29 is 14.6 Å². The number of anilines is 1. The molecule has 0 bridgehead atoms. The number of nitrogens with two attached hydrogens (primary N) is 1. The zero-order chi connectivity index (χ0) is 24.1. The molecule has 3 aromatic rings. The van der Waals surface area contributed by atoms with Gasteiger partial charge in [0.2, 0.25) is 0 Å². The van der Waals surface area contributed by atoms with Crippen LogP contribution >= 0.6 is 0 Å². The number of benzene rings is 2. The molecule has 1 aliphatic heterocycles. The molecule has 7 heteroatoms. The number of aromatic nitrogens is 2. The molecule has 0 atom stereocenters. The number of carbonyl (C=O) groups is 1. The highest BCUT2D eigenvalue weighted by atomic mass is 16.6. The monoisotopic (exact) mass is 458 g/mol. The number of hydrogen-bond acceptors (Lipinski definition) is 6. The van der Waals surface area contributed by atoms with Crippen LogP contribution in [0.3, 0.4) is 0 Å². The van der Waals surface area contributed by atoms with Gasteiger partial charge in [-0.25, -0.2) is 4.79 Å². The van der Waals surface area contributed by atoms with Crippen LogP contribution in [0.15, 0.2) is 54.6 Å². The number of para-hydroxylation sites is 1. The predicted molar refractivity (Wildman–Crippen MR) is 131 cm³/mol.